The van der Waals surface area contributed by atoms with Gasteiger partial charge in [0.1, 0.15) is 6.04 Å². The second-order valence-corrected chi connectivity index (χ2v) is 7.82. The maximum Gasteiger partial charge on any atom is 0.240 e. The number of amides is 1. The molecule has 0 aliphatic rings. The molecular weight excluding hydrogens is 380 g/mol. The fourth-order valence-electron chi connectivity index (χ4n) is 2.97. The molecule has 8 heteroatoms. The van der Waals surface area contributed by atoms with Crippen molar-refractivity contribution in [2.75, 3.05) is 6.61 Å². The van der Waals surface area contributed by atoms with E-state index in [2.05, 4.69) is 20.8 Å². The molecule has 1 heterocycles. The Bertz CT molecular complexity index is 937. The molecule has 0 aliphatic carbocycles. The van der Waals surface area contributed by atoms with Crippen molar-refractivity contribution in [3.63, 3.8) is 0 Å². The maximum absolute atomic E-state index is 12.6. The molecule has 3 rings (SSSR count). The molecule has 30 heavy (non-hydrogen) atoms. The number of aromatic nitrogens is 4. The summed E-state index contributed by atoms with van der Waals surface area (Å²) in [6.07, 6.45) is 0. The summed E-state index contributed by atoms with van der Waals surface area (Å²) in [5.41, 5.74) is 7.03. The van der Waals surface area contributed by atoms with Crippen LogP contribution in [-0.2, 0) is 16.1 Å². The number of rotatable bonds is 9. The Hall–Kier alpha value is -3.10. The van der Waals surface area contributed by atoms with E-state index in [1.54, 1.807) is 18.5 Å². The van der Waals surface area contributed by atoms with Crippen LogP contribution in [-0.4, -0.2) is 38.3 Å². The van der Waals surface area contributed by atoms with Crippen molar-refractivity contribution < 1.29 is 9.53 Å². The standard InChI is InChI=1S/C22H28N6O2/c1-16(18-12-8-5-9-13-18)28-20(25-26-27-28)19(24-21(29)22(2,3)23)15-30-14-17-10-6-4-7-11-17/h4-13,16,19H,14-15,23H2,1-3H3,(H,24,29). The largest absolute Gasteiger partial charge is 0.374 e. The molecule has 3 N–H and O–H groups in total. The Kier molecular flexibility index (Phi) is 6.91. The number of tetrazole rings is 1. The van der Waals surface area contributed by atoms with E-state index in [-0.39, 0.29) is 18.6 Å². The number of ether oxygens (including phenoxy) is 1. The first-order chi connectivity index (χ1) is 14.4. The lowest BCUT2D eigenvalue weighted by Crippen LogP contribution is -2.51. The van der Waals surface area contributed by atoms with Gasteiger partial charge >= 0.3 is 0 Å². The van der Waals surface area contributed by atoms with Crippen molar-refractivity contribution >= 4 is 5.91 Å². The van der Waals surface area contributed by atoms with E-state index in [9.17, 15) is 4.79 Å². The molecule has 0 saturated heterocycles. The average Bonchev–Trinajstić information content (AvgIpc) is 3.23. The zero-order valence-corrected chi connectivity index (χ0v) is 17.5. The molecule has 8 nitrogen and oxygen atoms in total. The molecule has 1 amide bonds. The molecule has 1 aromatic heterocycles. The smallest absolute Gasteiger partial charge is 0.240 e. The van der Waals surface area contributed by atoms with Gasteiger partial charge in [0.2, 0.25) is 5.91 Å². The van der Waals surface area contributed by atoms with Gasteiger partial charge in [0, 0.05) is 0 Å². The predicted octanol–water partition coefficient (Wildman–Crippen LogP) is 2.39. The third kappa shape index (κ3) is 5.49. The SMILES string of the molecule is CC(c1ccccc1)n1nnnc1C(COCc1ccccc1)NC(=O)C(C)(C)N. The van der Waals surface area contributed by atoms with Gasteiger partial charge < -0.3 is 15.8 Å². The summed E-state index contributed by atoms with van der Waals surface area (Å²) < 4.78 is 7.60. The number of benzene rings is 2. The van der Waals surface area contributed by atoms with Gasteiger partial charge in [-0.3, -0.25) is 4.79 Å². The first kappa shape index (κ1) is 21.6. The first-order valence-electron chi connectivity index (χ1n) is 9.90. The van der Waals surface area contributed by atoms with E-state index in [0.717, 1.165) is 11.1 Å². The van der Waals surface area contributed by atoms with E-state index in [1.807, 2.05) is 67.6 Å². The lowest BCUT2D eigenvalue weighted by molar-refractivity contribution is -0.126. The van der Waals surface area contributed by atoms with Crippen LogP contribution in [0.3, 0.4) is 0 Å². The summed E-state index contributed by atoms with van der Waals surface area (Å²) in [5, 5.41) is 15.1. The molecule has 2 atom stereocenters. The van der Waals surface area contributed by atoms with Crippen molar-refractivity contribution in [3.8, 4) is 0 Å². The van der Waals surface area contributed by atoms with Gasteiger partial charge in [0.25, 0.3) is 0 Å². The maximum atomic E-state index is 12.6. The zero-order chi connectivity index (χ0) is 21.6. The highest BCUT2D eigenvalue weighted by Crippen LogP contribution is 2.21. The fourth-order valence-corrected chi connectivity index (χ4v) is 2.97. The van der Waals surface area contributed by atoms with Crippen LogP contribution >= 0.6 is 0 Å². The van der Waals surface area contributed by atoms with Crippen molar-refractivity contribution in [3.05, 3.63) is 77.6 Å². The Balaban J connectivity index is 1.81. The van der Waals surface area contributed by atoms with Gasteiger partial charge in [-0.05, 0) is 42.3 Å². The van der Waals surface area contributed by atoms with Crippen LogP contribution in [0.4, 0.5) is 0 Å². The summed E-state index contributed by atoms with van der Waals surface area (Å²) in [6, 6.07) is 19.1. The Morgan fingerprint density at radius 3 is 2.40 bits per heavy atom. The topological polar surface area (TPSA) is 108 Å². The minimum Gasteiger partial charge on any atom is -0.374 e. The quantitative estimate of drug-likeness (QED) is 0.563. The van der Waals surface area contributed by atoms with Crippen LogP contribution in [0.1, 0.15) is 49.8 Å². The average molecular weight is 409 g/mol. The van der Waals surface area contributed by atoms with Crippen molar-refractivity contribution in [2.45, 2.75) is 45.0 Å². The number of nitrogens with one attached hydrogen (secondary N) is 1. The second kappa shape index (κ2) is 9.60. The van der Waals surface area contributed by atoms with Crippen LogP contribution < -0.4 is 11.1 Å². The summed E-state index contributed by atoms with van der Waals surface area (Å²) in [6.45, 7) is 5.93. The number of carbonyl (C=O) groups is 1. The Morgan fingerprint density at radius 1 is 1.13 bits per heavy atom. The van der Waals surface area contributed by atoms with Gasteiger partial charge in [-0.2, -0.15) is 0 Å². The third-order valence-corrected chi connectivity index (χ3v) is 4.77. The molecule has 158 valence electrons. The highest BCUT2D eigenvalue weighted by Gasteiger charge is 2.29. The normalized spacial score (nSPS) is 13.6. The summed E-state index contributed by atoms with van der Waals surface area (Å²) in [4.78, 5) is 12.6. The first-order valence-corrected chi connectivity index (χ1v) is 9.90. The van der Waals surface area contributed by atoms with E-state index in [1.165, 1.54) is 0 Å². The predicted molar refractivity (Wildman–Crippen MR) is 113 cm³/mol. The number of nitrogens with two attached hydrogens (primary N) is 1. The highest BCUT2D eigenvalue weighted by molar-refractivity contribution is 5.85. The molecule has 0 bridgehead atoms. The molecule has 3 aromatic rings. The summed E-state index contributed by atoms with van der Waals surface area (Å²) >= 11 is 0. The molecule has 0 saturated carbocycles. The second-order valence-electron chi connectivity index (χ2n) is 7.82. The van der Waals surface area contributed by atoms with E-state index < -0.39 is 11.6 Å². The molecule has 0 radical (unpaired) electrons. The number of carbonyl (C=O) groups excluding carboxylic acids is 1. The fraction of sp³-hybridized carbons (Fsp3) is 0.364. The van der Waals surface area contributed by atoms with Crippen LogP contribution in [0, 0.1) is 0 Å². The summed E-state index contributed by atoms with van der Waals surface area (Å²) in [5.74, 6) is 0.203. The lowest BCUT2D eigenvalue weighted by Gasteiger charge is -2.25. The molecule has 2 aromatic carbocycles. The highest BCUT2D eigenvalue weighted by atomic mass is 16.5. The van der Waals surface area contributed by atoms with Gasteiger partial charge in [0.15, 0.2) is 5.82 Å². The number of hydrogen-bond donors (Lipinski definition) is 2. The van der Waals surface area contributed by atoms with Crippen molar-refractivity contribution in [1.29, 1.82) is 0 Å². The monoisotopic (exact) mass is 408 g/mol. The molecule has 0 spiro atoms. The van der Waals surface area contributed by atoms with Crippen LogP contribution in [0.25, 0.3) is 0 Å². The van der Waals surface area contributed by atoms with Gasteiger partial charge in [-0.1, -0.05) is 60.7 Å². The number of hydrogen-bond acceptors (Lipinski definition) is 6. The molecule has 0 aliphatic heterocycles. The minimum absolute atomic E-state index is 0.115. The van der Waals surface area contributed by atoms with Crippen molar-refractivity contribution in [2.24, 2.45) is 5.73 Å². The Labute approximate surface area is 176 Å². The Morgan fingerprint density at radius 2 is 1.77 bits per heavy atom. The summed E-state index contributed by atoms with van der Waals surface area (Å²) in [7, 11) is 0. The molecular formula is C22H28N6O2. The van der Waals surface area contributed by atoms with E-state index >= 15 is 0 Å². The minimum atomic E-state index is -1.04. The lowest BCUT2D eigenvalue weighted by atomic mass is 10.1. The van der Waals surface area contributed by atoms with Crippen LogP contribution in [0.2, 0.25) is 0 Å². The third-order valence-electron chi connectivity index (χ3n) is 4.77. The number of nitrogens with zero attached hydrogens (tertiary/aromatic N) is 4. The van der Waals surface area contributed by atoms with Gasteiger partial charge in [-0.25, -0.2) is 4.68 Å². The molecule has 2 unspecified atom stereocenters. The van der Waals surface area contributed by atoms with E-state index in [4.69, 9.17) is 10.5 Å². The van der Waals surface area contributed by atoms with Gasteiger partial charge in [-0.15, -0.1) is 5.10 Å². The van der Waals surface area contributed by atoms with E-state index in [0.29, 0.717) is 12.4 Å². The van der Waals surface area contributed by atoms with Crippen molar-refractivity contribution in [1.82, 2.24) is 25.5 Å². The molecule has 0 fully saturated rings. The van der Waals surface area contributed by atoms with Gasteiger partial charge in [0.05, 0.1) is 24.8 Å². The van der Waals surface area contributed by atoms with Crippen LogP contribution in [0.5, 0.6) is 0 Å². The zero-order valence-electron chi connectivity index (χ0n) is 17.5. The van der Waals surface area contributed by atoms with Crippen LogP contribution in [0.15, 0.2) is 60.7 Å².